The van der Waals surface area contributed by atoms with Gasteiger partial charge in [0.2, 0.25) is 0 Å². The molecule has 2 aromatic carbocycles. The van der Waals surface area contributed by atoms with Crippen LogP contribution in [0.1, 0.15) is 16.7 Å². The van der Waals surface area contributed by atoms with Gasteiger partial charge in [0.05, 0.1) is 0 Å². The molecule has 0 fully saturated rings. The third kappa shape index (κ3) is 3.35. The summed E-state index contributed by atoms with van der Waals surface area (Å²) in [6, 6.07) is 23.6. The van der Waals surface area contributed by atoms with Crippen molar-refractivity contribution in [1.82, 2.24) is 4.98 Å². The zero-order valence-corrected chi connectivity index (χ0v) is 12.9. The molecule has 0 aliphatic rings. The van der Waals surface area contributed by atoms with E-state index in [-0.39, 0.29) is 12.4 Å². The summed E-state index contributed by atoms with van der Waals surface area (Å²) in [4.78, 5) is 4.16. The minimum Gasteiger partial charge on any atom is -0.380 e. The minimum absolute atomic E-state index is 0. The SMILES string of the molecule is Cl.OC(Cc1ccccc1)(c1ccccc1)c1cccnc1. The van der Waals surface area contributed by atoms with Crippen LogP contribution in [0.25, 0.3) is 0 Å². The molecule has 22 heavy (non-hydrogen) atoms. The molecule has 1 heterocycles. The van der Waals surface area contributed by atoms with Crippen LogP contribution < -0.4 is 0 Å². The molecule has 0 radical (unpaired) electrons. The Labute approximate surface area is 136 Å². The van der Waals surface area contributed by atoms with Crippen LogP contribution in [0.5, 0.6) is 0 Å². The van der Waals surface area contributed by atoms with Crippen molar-refractivity contribution in [2.45, 2.75) is 12.0 Å². The summed E-state index contributed by atoms with van der Waals surface area (Å²) >= 11 is 0. The highest BCUT2D eigenvalue weighted by Gasteiger charge is 2.31. The number of aromatic nitrogens is 1. The smallest absolute Gasteiger partial charge is 0.120 e. The van der Waals surface area contributed by atoms with Crippen molar-refractivity contribution in [3.8, 4) is 0 Å². The lowest BCUT2D eigenvalue weighted by Gasteiger charge is -2.29. The van der Waals surface area contributed by atoms with Crippen LogP contribution in [0.15, 0.2) is 85.2 Å². The van der Waals surface area contributed by atoms with Crippen LogP contribution in [0, 0.1) is 0 Å². The van der Waals surface area contributed by atoms with Gasteiger partial charge in [0.1, 0.15) is 5.60 Å². The van der Waals surface area contributed by atoms with Crippen molar-refractivity contribution in [3.05, 3.63) is 102 Å². The molecule has 0 aliphatic carbocycles. The molecule has 0 saturated heterocycles. The summed E-state index contributed by atoms with van der Waals surface area (Å²) in [5, 5.41) is 11.4. The fourth-order valence-electron chi connectivity index (χ4n) is 2.58. The van der Waals surface area contributed by atoms with Gasteiger partial charge in [0.25, 0.3) is 0 Å². The lowest BCUT2D eigenvalue weighted by molar-refractivity contribution is 0.0808. The van der Waals surface area contributed by atoms with E-state index in [1.54, 1.807) is 12.4 Å². The molecule has 0 aliphatic heterocycles. The molecule has 3 rings (SSSR count). The summed E-state index contributed by atoms with van der Waals surface area (Å²) < 4.78 is 0. The van der Waals surface area contributed by atoms with E-state index in [4.69, 9.17) is 0 Å². The number of halogens is 1. The zero-order chi connectivity index (χ0) is 14.5. The van der Waals surface area contributed by atoms with Gasteiger partial charge in [-0.15, -0.1) is 12.4 Å². The van der Waals surface area contributed by atoms with E-state index < -0.39 is 5.60 Å². The van der Waals surface area contributed by atoms with Crippen LogP contribution in [0.2, 0.25) is 0 Å². The average molecular weight is 312 g/mol. The minimum atomic E-state index is -1.07. The molecule has 1 unspecified atom stereocenters. The molecule has 1 aromatic heterocycles. The highest BCUT2D eigenvalue weighted by Crippen LogP contribution is 2.32. The number of hydrogen-bond acceptors (Lipinski definition) is 2. The molecule has 0 spiro atoms. The molecule has 2 nitrogen and oxygen atoms in total. The second-order valence-corrected chi connectivity index (χ2v) is 5.13. The van der Waals surface area contributed by atoms with E-state index in [1.807, 2.05) is 72.8 Å². The number of nitrogens with zero attached hydrogens (tertiary/aromatic N) is 1. The fraction of sp³-hybridized carbons (Fsp3) is 0.105. The van der Waals surface area contributed by atoms with Crippen molar-refractivity contribution in [1.29, 1.82) is 0 Å². The van der Waals surface area contributed by atoms with E-state index in [9.17, 15) is 5.11 Å². The van der Waals surface area contributed by atoms with E-state index in [0.29, 0.717) is 6.42 Å². The van der Waals surface area contributed by atoms with Gasteiger partial charge in [-0.2, -0.15) is 0 Å². The summed E-state index contributed by atoms with van der Waals surface area (Å²) in [5.74, 6) is 0. The normalized spacial score (nSPS) is 13.0. The third-order valence-corrected chi connectivity index (χ3v) is 3.69. The standard InChI is InChI=1S/C19H17NO.ClH/c21-19(17-10-5-2-6-11-17,18-12-7-13-20-15-18)14-16-8-3-1-4-9-16;/h1-13,15,21H,14H2;1H. The second-order valence-electron chi connectivity index (χ2n) is 5.13. The molecular formula is C19H18ClNO. The predicted octanol–water partition coefficient (Wildman–Crippen LogP) is 3.98. The Hall–Kier alpha value is -2.16. The van der Waals surface area contributed by atoms with Crippen LogP contribution in [0.3, 0.4) is 0 Å². The maximum atomic E-state index is 11.4. The van der Waals surface area contributed by atoms with Crippen LogP contribution in [0.4, 0.5) is 0 Å². The first kappa shape index (κ1) is 16.2. The average Bonchev–Trinajstić information content (AvgIpc) is 2.57. The first-order valence-corrected chi connectivity index (χ1v) is 7.01. The van der Waals surface area contributed by atoms with E-state index in [1.165, 1.54) is 0 Å². The van der Waals surface area contributed by atoms with Gasteiger partial charge in [-0.05, 0) is 17.2 Å². The Bertz CT molecular complexity index is 647. The van der Waals surface area contributed by atoms with Crippen molar-refractivity contribution in [3.63, 3.8) is 0 Å². The molecule has 1 atom stereocenters. The highest BCUT2D eigenvalue weighted by molar-refractivity contribution is 5.85. The number of pyridine rings is 1. The van der Waals surface area contributed by atoms with Gasteiger partial charge in [-0.25, -0.2) is 0 Å². The number of aliphatic hydroxyl groups is 1. The van der Waals surface area contributed by atoms with Crippen molar-refractivity contribution in [2.75, 3.05) is 0 Å². The Kier molecular flexibility index (Phi) is 5.31. The third-order valence-electron chi connectivity index (χ3n) is 3.69. The predicted molar refractivity (Wildman–Crippen MR) is 91.1 cm³/mol. The van der Waals surface area contributed by atoms with Gasteiger partial charge in [-0.3, -0.25) is 4.98 Å². The zero-order valence-electron chi connectivity index (χ0n) is 12.1. The largest absolute Gasteiger partial charge is 0.380 e. The number of hydrogen-bond donors (Lipinski definition) is 1. The highest BCUT2D eigenvalue weighted by atomic mass is 35.5. The number of benzene rings is 2. The van der Waals surface area contributed by atoms with Gasteiger partial charge in [-0.1, -0.05) is 66.7 Å². The first-order valence-electron chi connectivity index (χ1n) is 7.01. The molecule has 3 heteroatoms. The quantitative estimate of drug-likeness (QED) is 0.790. The molecule has 0 saturated carbocycles. The second kappa shape index (κ2) is 7.21. The topological polar surface area (TPSA) is 33.1 Å². The van der Waals surface area contributed by atoms with Crippen LogP contribution in [-0.4, -0.2) is 10.1 Å². The Morgan fingerprint density at radius 3 is 1.95 bits per heavy atom. The molecule has 112 valence electrons. The molecule has 1 N–H and O–H groups in total. The van der Waals surface area contributed by atoms with E-state index in [2.05, 4.69) is 4.98 Å². The van der Waals surface area contributed by atoms with Crippen molar-refractivity contribution in [2.24, 2.45) is 0 Å². The lowest BCUT2D eigenvalue weighted by atomic mass is 9.82. The Morgan fingerprint density at radius 2 is 1.36 bits per heavy atom. The van der Waals surface area contributed by atoms with Gasteiger partial charge >= 0.3 is 0 Å². The number of rotatable bonds is 4. The molecular weight excluding hydrogens is 294 g/mol. The monoisotopic (exact) mass is 311 g/mol. The van der Waals surface area contributed by atoms with Gasteiger partial charge in [0.15, 0.2) is 0 Å². The Balaban J connectivity index is 0.00000176. The van der Waals surface area contributed by atoms with Gasteiger partial charge < -0.3 is 5.11 Å². The summed E-state index contributed by atoms with van der Waals surface area (Å²) in [7, 11) is 0. The van der Waals surface area contributed by atoms with Gasteiger partial charge in [0, 0.05) is 24.4 Å². The van der Waals surface area contributed by atoms with E-state index in [0.717, 1.165) is 16.7 Å². The van der Waals surface area contributed by atoms with Crippen LogP contribution in [-0.2, 0) is 12.0 Å². The van der Waals surface area contributed by atoms with Crippen molar-refractivity contribution < 1.29 is 5.11 Å². The van der Waals surface area contributed by atoms with E-state index >= 15 is 0 Å². The fourth-order valence-corrected chi connectivity index (χ4v) is 2.58. The maximum Gasteiger partial charge on any atom is 0.120 e. The Morgan fingerprint density at radius 1 is 0.773 bits per heavy atom. The lowest BCUT2D eigenvalue weighted by Crippen LogP contribution is -2.30. The van der Waals surface area contributed by atoms with Crippen molar-refractivity contribution >= 4 is 12.4 Å². The maximum absolute atomic E-state index is 11.4. The first-order chi connectivity index (χ1) is 10.3. The summed E-state index contributed by atoms with van der Waals surface area (Å²) in [5.41, 5.74) is 1.70. The molecule has 0 amide bonds. The molecule has 3 aromatic rings. The molecule has 0 bridgehead atoms. The van der Waals surface area contributed by atoms with Crippen LogP contribution >= 0.6 is 12.4 Å². The summed E-state index contributed by atoms with van der Waals surface area (Å²) in [6.45, 7) is 0. The summed E-state index contributed by atoms with van der Waals surface area (Å²) in [6.07, 6.45) is 3.97.